The molecule has 7 heteroatoms. The third kappa shape index (κ3) is 5.98. The number of likely N-dealkylation sites (N-methyl/N-ethyl adjacent to an activating group) is 1. The molecule has 0 spiro atoms. The Morgan fingerprint density at radius 3 is 2.35 bits per heavy atom. The van der Waals surface area contributed by atoms with E-state index < -0.39 is 6.03 Å². The van der Waals surface area contributed by atoms with E-state index in [1.165, 1.54) is 4.90 Å². The van der Waals surface area contributed by atoms with Gasteiger partial charge in [-0.15, -0.1) is 0 Å². The fraction of sp³-hybridized carbons (Fsp3) is 0.438. The van der Waals surface area contributed by atoms with Crippen LogP contribution in [0, 0.1) is 12.8 Å². The molecule has 0 radical (unpaired) electrons. The van der Waals surface area contributed by atoms with Gasteiger partial charge in [-0.2, -0.15) is 0 Å². The highest BCUT2D eigenvalue weighted by atomic mass is 16.2. The van der Waals surface area contributed by atoms with Crippen LogP contribution in [-0.4, -0.2) is 43.4 Å². The molecule has 0 atom stereocenters. The summed E-state index contributed by atoms with van der Waals surface area (Å²) in [5.74, 6) is -0.427. The summed E-state index contributed by atoms with van der Waals surface area (Å²) in [5, 5.41) is 7.94. The summed E-state index contributed by atoms with van der Waals surface area (Å²) in [7, 11) is 3.24. The van der Waals surface area contributed by atoms with Crippen LogP contribution in [0.5, 0.6) is 0 Å². The van der Waals surface area contributed by atoms with Crippen molar-refractivity contribution in [3.63, 3.8) is 0 Å². The first-order valence-corrected chi connectivity index (χ1v) is 7.37. The second-order valence-corrected chi connectivity index (χ2v) is 5.77. The molecule has 126 valence electrons. The molecular formula is C16H24N4O3. The molecule has 0 aliphatic carbocycles. The third-order valence-corrected chi connectivity index (χ3v) is 3.18. The largest absolute Gasteiger partial charge is 0.347 e. The number of hydrogen-bond donors (Lipinski definition) is 3. The Hall–Kier alpha value is -2.57. The fourth-order valence-electron chi connectivity index (χ4n) is 1.60. The minimum absolute atomic E-state index is 0.0817. The highest BCUT2D eigenvalue weighted by Crippen LogP contribution is 2.20. The molecule has 0 fully saturated rings. The summed E-state index contributed by atoms with van der Waals surface area (Å²) in [6.07, 6.45) is 0. The number of amides is 4. The second kappa shape index (κ2) is 8.17. The normalized spacial score (nSPS) is 10.2. The summed E-state index contributed by atoms with van der Waals surface area (Å²) in [6.45, 7) is 5.37. The molecule has 0 heterocycles. The molecule has 1 aromatic carbocycles. The van der Waals surface area contributed by atoms with Crippen molar-refractivity contribution in [1.29, 1.82) is 0 Å². The van der Waals surface area contributed by atoms with Crippen molar-refractivity contribution >= 4 is 29.2 Å². The minimum Gasteiger partial charge on any atom is -0.347 e. The van der Waals surface area contributed by atoms with Gasteiger partial charge in [-0.1, -0.05) is 19.9 Å². The molecule has 0 saturated carbocycles. The maximum Gasteiger partial charge on any atom is 0.319 e. The minimum atomic E-state index is -0.476. The number of rotatable bonds is 5. The van der Waals surface area contributed by atoms with Crippen LogP contribution in [-0.2, 0) is 9.59 Å². The molecular weight excluding hydrogens is 296 g/mol. The molecule has 0 aromatic heterocycles. The summed E-state index contributed by atoms with van der Waals surface area (Å²) < 4.78 is 0. The summed E-state index contributed by atoms with van der Waals surface area (Å²) >= 11 is 0. The molecule has 1 rings (SSSR count). The standard InChI is InChI=1S/C16H24N4O3/c1-10(2)15(22)18-12-7-6-11(3)13(8-12)19-16(23)17-9-14(21)20(4)5/h6-8,10H,9H2,1-5H3,(H,18,22)(H2,17,19,23). The van der Waals surface area contributed by atoms with Crippen molar-refractivity contribution in [3.05, 3.63) is 23.8 Å². The van der Waals surface area contributed by atoms with Gasteiger partial charge in [0.1, 0.15) is 0 Å². The average molecular weight is 320 g/mol. The van der Waals surface area contributed by atoms with Gasteiger partial charge in [-0.25, -0.2) is 4.79 Å². The molecule has 0 bridgehead atoms. The number of urea groups is 1. The maximum absolute atomic E-state index is 11.9. The predicted molar refractivity (Wildman–Crippen MR) is 90.4 cm³/mol. The van der Waals surface area contributed by atoms with Crippen LogP contribution in [0.2, 0.25) is 0 Å². The molecule has 0 unspecified atom stereocenters. The van der Waals surface area contributed by atoms with Crippen molar-refractivity contribution in [3.8, 4) is 0 Å². The van der Waals surface area contributed by atoms with Gasteiger partial charge in [0, 0.05) is 31.4 Å². The van der Waals surface area contributed by atoms with E-state index in [1.54, 1.807) is 46.1 Å². The maximum atomic E-state index is 11.9. The lowest BCUT2D eigenvalue weighted by Crippen LogP contribution is -2.38. The van der Waals surface area contributed by atoms with E-state index in [0.717, 1.165) is 5.56 Å². The summed E-state index contributed by atoms with van der Waals surface area (Å²) in [4.78, 5) is 36.4. The van der Waals surface area contributed by atoms with Crippen molar-refractivity contribution in [2.24, 2.45) is 5.92 Å². The molecule has 4 amide bonds. The zero-order chi connectivity index (χ0) is 17.6. The van der Waals surface area contributed by atoms with Gasteiger partial charge >= 0.3 is 6.03 Å². The SMILES string of the molecule is Cc1ccc(NC(=O)C(C)C)cc1NC(=O)NCC(=O)N(C)C. The number of anilines is 2. The molecule has 0 aliphatic rings. The highest BCUT2D eigenvalue weighted by Gasteiger charge is 2.11. The number of benzene rings is 1. The van der Waals surface area contributed by atoms with Gasteiger partial charge in [0.25, 0.3) is 0 Å². The van der Waals surface area contributed by atoms with E-state index in [0.29, 0.717) is 11.4 Å². The quantitative estimate of drug-likeness (QED) is 0.772. The molecule has 3 N–H and O–H groups in total. The van der Waals surface area contributed by atoms with E-state index in [1.807, 2.05) is 6.92 Å². The topological polar surface area (TPSA) is 90.5 Å². The van der Waals surface area contributed by atoms with E-state index >= 15 is 0 Å². The monoisotopic (exact) mass is 320 g/mol. The zero-order valence-electron chi connectivity index (χ0n) is 14.2. The van der Waals surface area contributed by atoms with Crippen LogP contribution in [0.15, 0.2) is 18.2 Å². The fourth-order valence-corrected chi connectivity index (χ4v) is 1.60. The van der Waals surface area contributed by atoms with Crippen LogP contribution in [0.3, 0.4) is 0 Å². The van der Waals surface area contributed by atoms with Gasteiger partial charge < -0.3 is 20.9 Å². The van der Waals surface area contributed by atoms with E-state index in [2.05, 4.69) is 16.0 Å². The number of carbonyl (C=O) groups excluding carboxylic acids is 3. The third-order valence-electron chi connectivity index (χ3n) is 3.18. The van der Waals surface area contributed by atoms with Gasteiger partial charge in [-0.05, 0) is 24.6 Å². The Morgan fingerprint density at radius 2 is 1.78 bits per heavy atom. The van der Waals surface area contributed by atoms with Crippen molar-refractivity contribution < 1.29 is 14.4 Å². The van der Waals surface area contributed by atoms with Gasteiger partial charge in [0.2, 0.25) is 11.8 Å². The van der Waals surface area contributed by atoms with Crippen molar-refractivity contribution in [1.82, 2.24) is 10.2 Å². The first kappa shape index (κ1) is 18.5. The number of nitrogens with zero attached hydrogens (tertiary/aromatic N) is 1. The summed E-state index contributed by atoms with van der Waals surface area (Å²) in [6, 6.07) is 4.78. The average Bonchev–Trinajstić information content (AvgIpc) is 2.47. The lowest BCUT2D eigenvalue weighted by atomic mass is 10.1. The van der Waals surface area contributed by atoms with Crippen LogP contribution >= 0.6 is 0 Å². The Morgan fingerprint density at radius 1 is 1.13 bits per heavy atom. The van der Waals surface area contributed by atoms with Crippen LogP contribution in [0.4, 0.5) is 16.2 Å². The molecule has 1 aromatic rings. The van der Waals surface area contributed by atoms with Gasteiger partial charge in [-0.3, -0.25) is 9.59 Å². The molecule has 7 nitrogen and oxygen atoms in total. The Kier molecular flexibility index (Phi) is 6.56. The number of nitrogens with one attached hydrogen (secondary N) is 3. The predicted octanol–water partition coefficient (Wildman–Crippen LogP) is 1.80. The lowest BCUT2D eigenvalue weighted by Gasteiger charge is -2.14. The molecule has 0 saturated heterocycles. The Balaban J connectivity index is 2.70. The van der Waals surface area contributed by atoms with E-state index in [4.69, 9.17) is 0 Å². The molecule has 0 aliphatic heterocycles. The first-order valence-electron chi connectivity index (χ1n) is 7.37. The van der Waals surface area contributed by atoms with Gasteiger partial charge in [0.15, 0.2) is 0 Å². The van der Waals surface area contributed by atoms with Crippen LogP contribution < -0.4 is 16.0 Å². The Labute approximate surface area is 136 Å². The van der Waals surface area contributed by atoms with Crippen molar-refractivity contribution in [2.75, 3.05) is 31.3 Å². The smallest absolute Gasteiger partial charge is 0.319 e. The van der Waals surface area contributed by atoms with E-state index in [-0.39, 0.29) is 24.3 Å². The summed E-state index contributed by atoms with van der Waals surface area (Å²) in [5.41, 5.74) is 2.02. The van der Waals surface area contributed by atoms with Crippen LogP contribution in [0.25, 0.3) is 0 Å². The second-order valence-electron chi connectivity index (χ2n) is 5.77. The van der Waals surface area contributed by atoms with E-state index in [9.17, 15) is 14.4 Å². The highest BCUT2D eigenvalue weighted by molar-refractivity contribution is 5.95. The molecule has 23 heavy (non-hydrogen) atoms. The number of carbonyl (C=O) groups is 3. The van der Waals surface area contributed by atoms with Gasteiger partial charge in [0.05, 0.1) is 6.54 Å². The number of aryl methyl sites for hydroxylation is 1. The lowest BCUT2D eigenvalue weighted by molar-refractivity contribution is -0.127. The Bertz CT molecular complexity index is 597. The number of hydrogen-bond acceptors (Lipinski definition) is 3. The van der Waals surface area contributed by atoms with Crippen molar-refractivity contribution in [2.45, 2.75) is 20.8 Å². The first-order chi connectivity index (χ1) is 10.7. The zero-order valence-corrected chi connectivity index (χ0v) is 14.2. The van der Waals surface area contributed by atoms with Crippen LogP contribution in [0.1, 0.15) is 19.4 Å².